The van der Waals surface area contributed by atoms with Gasteiger partial charge in [0.15, 0.2) is 0 Å². The summed E-state index contributed by atoms with van der Waals surface area (Å²) in [6, 6.07) is 6.79. The summed E-state index contributed by atoms with van der Waals surface area (Å²) < 4.78 is 0. The minimum Gasteiger partial charge on any atom is -0.322 e. The molecule has 114 valence electrons. The van der Waals surface area contributed by atoms with Crippen LogP contribution in [-0.2, 0) is 0 Å². The van der Waals surface area contributed by atoms with E-state index in [0.29, 0.717) is 6.04 Å². The minimum absolute atomic E-state index is 0.0465. The maximum absolute atomic E-state index is 12.5. The van der Waals surface area contributed by atoms with Crippen LogP contribution in [0, 0.1) is 13.8 Å². The Morgan fingerprint density at radius 1 is 1.10 bits per heavy atom. The third-order valence-electron chi connectivity index (χ3n) is 4.60. The average molecular weight is 287 g/mol. The summed E-state index contributed by atoms with van der Waals surface area (Å²) in [5.41, 5.74) is 3.27. The first kappa shape index (κ1) is 14.4. The molecule has 2 heterocycles. The second-order valence-electron chi connectivity index (χ2n) is 6.44. The van der Waals surface area contributed by atoms with Gasteiger partial charge in [-0.05, 0) is 56.5 Å². The molecule has 0 bridgehead atoms. The number of urea groups is 1. The zero-order chi connectivity index (χ0) is 14.8. The normalized spacial score (nSPS) is 22.8. The van der Waals surface area contributed by atoms with Crippen molar-refractivity contribution in [2.45, 2.75) is 39.2 Å². The predicted molar refractivity (Wildman–Crippen MR) is 85.7 cm³/mol. The van der Waals surface area contributed by atoms with Gasteiger partial charge in [0.05, 0.1) is 0 Å². The molecule has 4 nitrogen and oxygen atoms in total. The van der Waals surface area contributed by atoms with Crippen LogP contribution in [0.2, 0.25) is 0 Å². The molecule has 0 aliphatic carbocycles. The molecule has 0 spiro atoms. The van der Waals surface area contributed by atoms with E-state index in [1.54, 1.807) is 0 Å². The molecule has 3 rings (SSSR count). The average Bonchev–Trinajstić information content (AvgIpc) is 2.45. The molecule has 1 atom stereocenters. The van der Waals surface area contributed by atoms with Crippen molar-refractivity contribution in [2.75, 3.05) is 31.5 Å². The van der Waals surface area contributed by atoms with Crippen molar-refractivity contribution in [1.82, 2.24) is 9.80 Å². The van der Waals surface area contributed by atoms with E-state index in [4.69, 9.17) is 0 Å². The lowest BCUT2D eigenvalue weighted by molar-refractivity contribution is 0.0678. The third kappa shape index (κ3) is 3.38. The number of piperazine rings is 1. The molecule has 21 heavy (non-hydrogen) atoms. The Morgan fingerprint density at radius 3 is 2.62 bits per heavy atom. The highest BCUT2D eigenvalue weighted by Gasteiger charge is 2.30. The maximum atomic E-state index is 12.5. The number of hydrogen-bond donors (Lipinski definition) is 1. The van der Waals surface area contributed by atoms with Crippen LogP contribution in [-0.4, -0.2) is 48.1 Å². The van der Waals surface area contributed by atoms with E-state index in [1.807, 2.05) is 17.0 Å². The van der Waals surface area contributed by atoms with Gasteiger partial charge in [0.1, 0.15) is 0 Å². The van der Waals surface area contributed by atoms with E-state index in [-0.39, 0.29) is 6.03 Å². The largest absolute Gasteiger partial charge is 0.322 e. The van der Waals surface area contributed by atoms with E-state index in [9.17, 15) is 4.79 Å². The van der Waals surface area contributed by atoms with Crippen LogP contribution >= 0.6 is 0 Å². The topological polar surface area (TPSA) is 35.6 Å². The maximum Gasteiger partial charge on any atom is 0.321 e. The standard InChI is InChI=1S/C17H25N3O/c1-13-9-14(2)11-15(10-13)18-17(21)20-8-7-19-6-4-3-5-16(19)12-20/h9-11,16H,3-8,12H2,1-2H3,(H,18,21)/t16-/m0/s1. The van der Waals surface area contributed by atoms with Crippen molar-refractivity contribution < 1.29 is 4.79 Å². The summed E-state index contributed by atoms with van der Waals surface area (Å²) in [5.74, 6) is 0. The summed E-state index contributed by atoms with van der Waals surface area (Å²) >= 11 is 0. The lowest BCUT2D eigenvalue weighted by Crippen LogP contribution is -2.56. The Morgan fingerprint density at radius 2 is 1.86 bits per heavy atom. The Balaban J connectivity index is 1.62. The summed E-state index contributed by atoms with van der Waals surface area (Å²) in [6.07, 6.45) is 3.84. The van der Waals surface area contributed by atoms with Crippen molar-refractivity contribution in [2.24, 2.45) is 0 Å². The predicted octanol–water partition coefficient (Wildman–Crippen LogP) is 3.01. The Labute approximate surface area is 127 Å². The molecule has 2 aliphatic heterocycles. The van der Waals surface area contributed by atoms with Gasteiger partial charge in [-0.25, -0.2) is 4.79 Å². The molecule has 0 aromatic heterocycles. The molecule has 4 heteroatoms. The van der Waals surface area contributed by atoms with E-state index in [0.717, 1.165) is 25.3 Å². The highest BCUT2D eigenvalue weighted by Crippen LogP contribution is 2.22. The second-order valence-corrected chi connectivity index (χ2v) is 6.44. The van der Waals surface area contributed by atoms with Crippen LogP contribution in [0.1, 0.15) is 30.4 Å². The summed E-state index contributed by atoms with van der Waals surface area (Å²) in [7, 11) is 0. The lowest BCUT2D eigenvalue weighted by atomic mass is 10.00. The fourth-order valence-corrected chi connectivity index (χ4v) is 3.59. The van der Waals surface area contributed by atoms with Crippen LogP contribution in [0.3, 0.4) is 0 Å². The number of nitrogens with one attached hydrogen (secondary N) is 1. The van der Waals surface area contributed by atoms with Gasteiger partial charge in [-0.15, -0.1) is 0 Å². The molecule has 2 fully saturated rings. The first-order valence-corrected chi connectivity index (χ1v) is 8.00. The Kier molecular flexibility index (Phi) is 4.15. The number of anilines is 1. The smallest absolute Gasteiger partial charge is 0.321 e. The van der Waals surface area contributed by atoms with Crippen molar-refractivity contribution in [3.63, 3.8) is 0 Å². The van der Waals surface area contributed by atoms with Crippen molar-refractivity contribution >= 4 is 11.7 Å². The van der Waals surface area contributed by atoms with Gasteiger partial charge in [-0.2, -0.15) is 0 Å². The molecule has 1 aromatic rings. The van der Waals surface area contributed by atoms with E-state index < -0.39 is 0 Å². The molecule has 2 saturated heterocycles. The zero-order valence-corrected chi connectivity index (χ0v) is 13.1. The highest BCUT2D eigenvalue weighted by atomic mass is 16.2. The fraction of sp³-hybridized carbons (Fsp3) is 0.588. The van der Waals surface area contributed by atoms with Crippen LogP contribution in [0.15, 0.2) is 18.2 Å². The molecule has 0 unspecified atom stereocenters. The van der Waals surface area contributed by atoms with Crippen molar-refractivity contribution in [3.05, 3.63) is 29.3 Å². The van der Waals surface area contributed by atoms with E-state index in [1.165, 1.54) is 36.9 Å². The van der Waals surface area contributed by atoms with E-state index in [2.05, 4.69) is 30.1 Å². The quantitative estimate of drug-likeness (QED) is 0.862. The van der Waals surface area contributed by atoms with Crippen LogP contribution in [0.4, 0.5) is 10.5 Å². The number of fused-ring (bicyclic) bond motifs is 1. The summed E-state index contributed by atoms with van der Waals surface area (Å²) in [5, 5.41) is 3.06. The summed E-state index contributed by atoms with van der Waals surface area (Å²) in [6.45, 7) is 8.05. The number of benzene rings is 1. The molecule has 0 radical (unpaired) electrons. The first-order valence-electron chi connectivity index (χ1n) is 8.00. The van der Waals surface area contributed by atoms with Gasteiger partial charge in [0.25, 0.3) is 0 Å². The lowest BCUT2D eigenvalue weighted by Gasteiger charge is -2.43. The number of carbonyl (C=O) groups excluding carboxylic acids is 1. The SMILES string of the molecule is Cc1cc(C)cc(NC(=O)N2CCN3CCCC[C@H]3C2)c1. The molecule has 2 amide bonds. The van der Waals surface area contributed by atoms with Gasteiger partial charge in [-0.3, -0.25) is 4.90 Å². The van der Waals surface area contributed by atoms with Gasteiger partial charge in [0.2, 0.25) is 0 Å². The molecule has 1 aromatic carbocycles. The van der Waals surface area contributed by atoms with Gasteiger partial charge < -0.3 is 10.2 Å². The number of amides is 2. The van der Waals surface area contributed by atoms with Crippen molar-refractivity contribution in [3.8, 4) is 0 Å². The number of piperidine rings is 1. The molecule has 1 N–H and O–H groups in total. The molecular formula is C17H25N3O. The number of rotatable bonds is 1. The Bertz CT molecular complexity index is 509. The van der Waals surface area contributed by atoms with Crippen LogP contribution in [0.5, 0.6) is 0 Å². The number of hydrogen-bond acceptors (Lipinski definition) is 2. The molecule has 2 aliphatic rings. The Hall–Kier alpha value is -1.55. The third-order valence-corrected chi connectivity index (χ3v) is 4.60. The fourth-order valence-electron chi connectivity index (χ4n) is 3.59. The van der Waals surface area contributed by atoms with Gasteiger partial charge >= 0.3 is 6.03 Å². The van der Waals surface area contributed by atoms with Crippen LogP contribution in [0.25, 0.3) is 0 Å². The first-order chi connectivity index (χ1) is 10.1. The van der Waals surface area contributed by atoms with Crippen molar-refractivity contribution in [1.29, 1.82) is 0 Å². The number of nitrogens with zero attached hydrogens (tertiary/aromatic N) is 2. The molecular weight excluding hydrogens is 262 g/mol. The number of aryl methyl sites for hydroxylation is 2. The minimum atomic E-state index is 0.0465. The van der Waals surface area contributed by atoms with Gasteiger partial charge in [0, 0.05) is 31.4 Å². The zero-order valence-electron chi connectivity index (χ0n) is 13.1. The van der Waals surface area contributed by atoms with Gasteiger partial charge in [-0.1, -0.05) is 12.5 Å². The highest BCUT2D eigenvalue weighted by molar-refractivity contribution is 5.89. The summed E-state index contributed by atoms with van der Waals surface area (Å²) in [4.78, 5) is 17.0. The van der Waals surface area contributed by atoms with Crippen LogP contribution < -0.4 is 5.32 Å². The molecule has 0 saturated carbocycles. The monoisotopic (exact) mass is 287 g/mol. The number of carbonyl (C=O) groups is 1. The van der Waals surface area contributed by atoms with E-state index >= 15 is 0 Å². The second kappa shape index (κ2) is 6.06.